The number of amides is 1. The van der Waals surface area contributed by atoms with Gasteiger partial charge in [0, 0.05) is 18.7 Å². The molecule has 2 N–H and O–H groups in total. The summed E-state index contributed by atoms with van der Waals surface area (Å²) in [5, 5.41) is 11.6. The van der Waals surface area contributed by atoms with Gasteiger partial charge in [0.15, 0.2) is 0 Å². The standard InChI is InChI=1S/C13H17BrFNO2/c1-13(2,5-6-17)8-16-12(18)9-3-4-10(14)11(15)7-9/h3-4,7,17H,5-6,8H2,1-2H3,(H,16,18). The van der Waals surface area contributed by atoms with Gasteiger partial charge < -0.3 is 10.4 Å². The van der Waals surface area contributed by atoms with Crippen LogP contribution in [0.3, 0.4) is 0 Å². The van der Waals surface area contributed by atoms with Gasteiger partial charge in [-0.3, -0.25) is 4.79 Å². The van der Waals surface area contributed by atoms with Crippen molar-refractivity contribution in [3.63, 3.8) is 0 Å². The number of hydrogen-bond acceptors (Lipinski definition) is 2. The van der Waals surface area contributed by atoms with Gasteiger partial charge in [-0.25, -0.2) is 4.39 Å². The van der Waals surface area contributed by atoms with Crippen LogP contribution in [-0.4, -0.2) is 24.2 Å². The molecule has 18 heavy (non-hydrogen) atoms. The number of benzene rings is 1. The maximum Gasteiger partial charge on any atom is 0.251 e. The molecule has 100 valence electrons. The highest BCUT2D eigenvalue weighted by atomic mass is 79.9. The third-order valence-corrected chi connectivity index (χ3v) is 3.34. The molecule has 1 rings (SSSR count). The quantitative estimate of drug-likeness (QED) is 0.877. The lowest BCUT2D eigenvalue weighted by atomic mass is 9.89. The number of hydrogen-bond donors (Lipinski definition) is 2. The maximum absolute atomic E-state index is 13.3. The molecule has 0 radical (unpaired) electrons. The molecule has 0 saturated carbocycles. The second-order valence-corrected chi connectivity index (χ2v) is 5.80. The highest BCUT2D eigenvalue weighted by molar-refractivity contribution is 9.10. The predicted octanol–water partition coefficient (Wildman–Crippen LogP) is 2.73. The zero-order valence-electron chi connectivity index (χ0n) is 10.5. The number of aliphatic hydroxyl groups excluding tert-OH is 1. The molecule has 0 aliphatic heterocycles. The first kappa shape index (κ1) is 15.1. The van der Waals surface area contributed by atoms with Gasteiger partial charge >= 0.3 is 0 Å². The van der Waals surface area contributed by atoms with E-state index in [9.17, 15) is 9.18 Å². The van der Waals surface area contributed by atoms with Crippen molar-refractivity contribution >= 4 is 21.8 Å². The summed E-state index contributed by atoms with van der Waals surface area (Å²) in [4.78, 5) is 11.8. The Bertz CT molecular complexity index is 435. The van der Waals surface area contributed by atoms with E-state index >= 15 is 0 Å². The van der Waals surface area contributed by atoms with Crippen molar-refractivity contribution < 1.29 is 14.3 Å². The van der Waals surface area contributed by atoms with E-state index in [-0.39, 0.29) is 23.5 Å². The molecular formula is C13H17BrFNO2. The molecule has 0 aromatic heterocycles. The number of rotatable bonds is 5. The third-order valence-electron chi connectivity index (χ3n) is 2.70. The van der Waals surface area contributed by atoms with Crippen LogP contribution in [0.25, 0.3) is 0 Å². The van der Waals surface area contributed by atoms with Crippen molar-refractivity contribution in [2.75, 3.05) is 13.2 Å². The van der Waals surface area contributed by atoms with Crippen LogP contribution >= 0.6 is 15.9 Å². The van der Waals surface area contributed by atoms with Crippen molar-refractivity contribution in [2.45, 2.75) is 20.3 Å². The number of halogens is 2. The van der Waals surface area contributed by atoms with Crippen LogP contribution in [-0.2, 0) is 0 Å². The Morgan fingerprint density at radius 1 is 1.50 bits per heavy atom. The smallest absolute Gasteiger partial charge is 0.251 e. The van der Waals surface area contributed by atoms with Crippen molar-refractivity contribution in [1.29, 1.82) is 0 Å². The fraction of sp³-hybridized carbons (Fsp3) is 0.462. The van der Waals surface area contributed by atoms with Crippen LogP contribution in [0.4, 0.5) is 4.39 Å². The van der Waals surface area contributed by atoms with Crippen LogP contribution in [0.5, 0.6) is 0 Å². The van der Waals surface area contributed by atoms with Crippen molar-refractivity contribution in [3.8, 4) is 0 Å². The molecule has 0 unspecified atom stereocenters. The zero-order valence-corrected chi connectivity index (χ0v) is 12.1. The van der Waals surface area contributed by atoms with Crippen LogP contribution in [0.15, 0.2) is 22.7 Å². The molecule has 0 saturated heterocycles. The molecule has 1 aromatic rings. The van der Waals surface area contributed by atoms with E-state index in [1.807, 2.05) is 13.8 Å². The minimum Gasteiger partial charge on any atom is -0.396 e. The summed E-state index contributed by atoms with van der Waals surface area (Å²) in [6, 6.07) is 4.25. The van der Waals surface area contributed by atoms with Gasteiger partial charge in [0.05, 0.1) is 4.47 Å². The Balaban J connectivity index is 2.63. The summed E-state index contributed by atoms with van der Waals surface area (Å²) in [6.45, 7) is 4.41. The fourth-order valence-corrected chi connectivity index (χ4v) is 1.70. The number of nitrogens with one attached hydrogen (secondary N) is 1. The van der Waals surface area contributed by atoms with E-state index in [0.29, 0.717) is 17.4 Å². The topological polar surface area (TPSA) is 49.3 Å². The average molecular weight is 318 g/mol. The average Bonchev–Trinajstić information content (AvgIpc) is 2.30. The molecule has 0 atom stereocenters. The summed E-state index contributed by atoms with van der Waals surface area (Å²) >= 11 is 3.04. The lowest BCUT2D eigenvalue weighted by molar-refractivity contribution is 0.0927. The molecule has 0 spiro atoms. The predicted molar refractivity (Wildman–Crippen MR) is 71.9 cm³/mol. The van der Waals surface area contributed by atoms with Crippen LogP contribution in [0, 0.1) is 11.2 Å². The normalized spacial score (nSPS) is 11.4. The second kappa shape index (κ2) is 6.29. The van der Waals surface area contributed by atoms with Gasteiger partial charge in [0.25, 0.3) is 5.91 Å². The molecular weight excluding hydrogens is 301 g/mol. The van der Waals surface area contributed by atoms with Crippen molar-refractivity contribution in [2.24, 2.45) is 5.41 Å². The van der Waals surface area contributed by atoms with Gasteiger partial charge in [0.2, 0.25) is 0 Å². The molecule has 0 aliphatic rings. The first-order chi connectivity index (χ1) is 8.35. The van der Waals surface area contributed by atoms with Gasteiger partial charge in [0.1, 0.15) is 5.82 Å². The van der Waals surface area contributed by atoms with E-state index < -0.39 is 5.82 Å². The van der Waals surface area contributed by atoms with Gasteiger partial charge in [-0.2, -0.15) is 0 Å². The van der Waals surface area contributed by atoms with E-state index in [1.54, 1.807) is 6.07 Å². The molecule has 5 heteroatoms. The molecule has 0 fully saturated rings. The molecule has 0 aliphatic carbocycles. The molecule has 0 heterocycles. The summed E-state index contributed by atoms with van der Waals surface area (Å²) in [5.74, 6) is -0.773. The molecule has 3 nitrogen and oxygen atoms in total. The van der Waals surface area contributed by atoms with Crippen LogP contribution < -0.4 is 5.32 Å². The van der Waals surface area contributed by atoms with Gasteiger partial charge in [-0.1, -0.05) is 13.8 Å². The van der Waals surface area contributed by atoms with E-state index in [1.165, 1.54) is 12.1 Å². The molecule has 1 aromatic carbocycles. The van der Waals surface area contributed by atoms with Crippen molar-refractivity contribution in [1.82, 2.24) is 5.32 Å². The minimum atomic E-state index is -0.461. The Labute approximate surface area is 115 Å². The Morgan fingerprint density at radius 3 is 2.72 bits per heavy atom. The Hall–Kier alpha value is -0.940. The van der Waals surface area contributed by atoms with E-state index in [2.05, 4.69) is 21.2 Å². The monoisotopic (exact) mass is 317 g/mol. The highest BCUT2D eigenvalue weighted by Gasteiger charge is 2.18. The second-order valence-electron chi connectivity index (χ2n) is 4.95. The summed E-state index contributed by atoms with van der Waals surface area (Å²) in [5.41, 5.74) is 0.105. The first-order valence-electron chi connectivity index (χ1n) is 5.70. The van der Waals surface area contributed by atoms with Gasteiger partial charge in [-0.15, -0.1) is 0 Å². The summed E-state index contributed by atoms with van der Waals surface area (Å²) in [6.07, 6.45) is 0.599. The van der Waals surface area contributed by atoms with Gasteiger partial charge in [-0.05, 0) is 46.0 Å². The zero-order chi connectivity index (χ0) is 13.8. The Morgan fingerprint density at radius 2 is 2.17 bits per heavy atom. The highest BCUT2D eigenvalue weighted by Crippen LogP contribution is 2.19. The Kier molecular flexibility index (Phi) is 5.28. The number of carbonyl (C=O) groups is 1. The summed E-state index contributed by atoms with van der Waals surface area (Å²) < 4.78 is 13.6. The lowest BCUT2D eigenvalue weighted by Crippen LogP contribution is -2.34. The SMILES string of the molecule is CC(C)(CCO)CNC(=O)c1ccc(Br)c(F)c1. The lowest BCUT2D eigenvalue weighted by Gasteiger charge is -2.23. The first-order valence-corrected chi connectivity index (χ1v) is 6.49. The van der Waals surface area contributed by atoms with Crippen molar-refractivity contribution in [3.05, 3.63) is 34.1 Å². The fourth-order valence-electron chi connectivity index (χ4n) is 1.45. The van der Waals surface area contributed by atoms with Crippen LogP contribution in [0.1, 0.15) is 30.6 Å². The summed E-state index contributed by atoms with van der Waals surface area (Å²) in [7, 11) is 0. The van der Waals surface area contributed by atoms with Crippen LogP contribution in [0.2, 0.25) is 0 Å². The minimum absolute atomic E-state index is 0.0791. The molecule has 0 bridgehead atoms. The van der Waals surface area contributed by atoms with E-state index in [0.717, 1.165) is 0 Å². The largest absolute Gasteiger partial charge is 0.396 e. The maximum atomic E-state index is 13.3. The number of carbonyl (C=O) groups excluding carboxylic acids is 1. The molecule has 1 amide bonds. The van der Waals surface area contributed by atoms with E-state index in [4.69, 9.17) is 5.11 Å². The number of aliphatic hydroxyl groups is 1. The third kappa shape index (κ3) is 4.38.